The molecule has 0 aliphatic heterocycles. The van der Waals surface area contributed by atoms with Crippen molar-refractivity contribution >= 4 is 11.6 Å². The van der Waals surface area contributed by atoms with Crippen LogP contribution >= 0.6 is 0 Å². The molecule has 0 spiro atoms. The van der Waals surface area contributed by atoms with E-state index in [1.54, 1.807) is 0 Å². The Morgan fingerprint density at radius 2 is 1.81 bits per heavy atom. The molecule has 0 aromatic heterocycles. The maximum absolute atomic E-state index is 11.9. The van der Waals surface area contributed by atoms with Crippen molar-refractivity contribution < 1.29 is 30.7 Å². The van der Waals surface area contributed by atoms with Crippen LogP contribution in [0.4, 0.5) is 0 Å². The SMILES string of the molecule is CC(C)C(=O)C1=C[CH-]CC1C(=O)C(C)C.[W]. The van der Waals surface area contributed by atoms with Gasteiger partial charge in [0.1, 0.15) is 5.78 Å². The molecule has 0 amide bonds. The van der Waals surface area contributed by atoms with Gasteiger partial charge in [0.2, 0.25) is 0 Å². The average Bonchev–Trinajstić information content (AvgIpc) is 2.63. The van der Waals surface area contributed by atoms with Crippen LogP contribution in [-0.2, 0) is 30.7 Å². The van der Waals surface area contributed by atoms with Crippen LogP contribution in [0.5, 0.6) is 0 Å². The van der Waals surface area contributed by atoms with E-state index in [0.717, 1.165) is 0 Å². The molecule has 16 heavy (non-hydrogen) atoms. The quantitative estimate of drug-likeness (QED) is 0.691. The third-order valence-electron chi connectivity index (χ3n) is 2.77. The molecule has 0 aromatic carbocycles. The third-order valence-corrected chi connectivity index (χ3v) is 2.77. The van der Waals surface area contributed by atoms with Crippen LogP contribution in [0.3, 0.4) is 0 Å². The van der Waals surface area contributed by atoms with Crippen molar-refractivity contribution in [3.05, 3.63) is 18.1 Å². The first kappa shape index (κ1) is 15.6. The van der Waals surface area contributed by atoms with Gasteiger partial charge in [0, 0.05) is 27.0 Å². The smallest absolute Gasteiger partial charge is 0.125 e. The van der Waals surface area contributed by atoms with Crippen LogP contribution in [0.2, 0.25) is 0 Å². The number of hydrogen-bond acceptors (Lipinski definition) is 2. The molecule has 2 nitrogen and oxygen atoms in total. The summed E-state index contributed by atoms with van der Waals surface area (Å²) in [6.45, 7) is 7.52. The van der Waals surface area contributed by atoms with Crippen molar-refractivity contribution in [1.82, 2.24) is 0 Å². The Balaban J connectivity index is 0.00000225. The zero-order valence-corrected chi connectivity index (χ0v) is 13.3. The zero-order valence-electron chi connectivity index (χ0n) is 10.3. The number of hydrogen-bond donors (Lipinski definition) is 0. The van der Waals surface area contributed by atoms with Crippen LogP contribution in [-0.4, -0.2) is 11.6 Å². The molecule has 1 rings (SSSR count). The zero-order chi connectivity index (χ0) is 11.6. The van der Waals surface area contributed by atoms with Crippen molar-refractivity contribution in [2.24, 2.45) is 17.8 Å². The second kappa shape index (κ2) is 6.39. The Morgan fingerprint density at radius 3 is 2.25 bits per heavy atom. The maximum atomic E-state index is 11.9. The van der Waals surface area contributed by atoms with Gasteiger partial charge in [-0.25, -0.2) is 12.5 Å². The van der Waals surface area contributed by atoms with Gasteiger partial charge in [0.15, 0.2) is 0 Å². The van der Waals surface area contributed by atoms with Crippen molar-refractivity contribution in [3.63, 3.8) is 0 Å². The standard InChI is InChI=1S/C13H19O2.W/c1-8(2)12(14)10-6-5-7-11(10)13(15)9(3)4;/h5-6,8-9,11H,7H2,1-4H3;/q-1;. The van der Waals surface area contributed by atoms with Gasteiger partial charge in [-0.1, -0.05) is 27.7 Å². The minimum Gasteiger partial charge on any atom is -0.315 e. The summed E-state index contributed by atoms with van der Waals surface area (Å²) in [5.41, 5.74) is 0.712. The first-order valence-electron chi connectivity index (χ1n) is 5.56. The fourth-order valence-corrected chi connectivity index (χ4v) is 1.83. The van der Waals surface area contributed by atoms with Crippen molar-refractivity contribution in [2.45, 2.75) is 34.1 Å². The monoisotopic (exact) mass is 391 g/mol. The molecular weight excluding hydrogens is 372 g/mol. The van der Waals surface area contributed by atoms with Gasteiger partial charge >= 0.3 is 0 Å². The Kier molecular flexibility index (Phi) is 6.25. The summed E-state index contributed by atoms with van der Waals surface area (Å²) in [4.78, 5) is 23.7. The Hall–Kier alpha value is -0.362. The van der Waals surface area contributed by atoms with Crippen LogP contribution in [0, 0.1) is 24.2 Å². The van der Waals surface area contributed by atoms with Crippen LogP contribution < -0.4 is 0 Å². The minimum absolute atomic E-state index is 0. The Labute approximate surface area is 112 Å². The number of ketones is 2. The second-order valence-electron chi connectivity index (χ2n) is 4.72. The topological polar surface area (TPSA) is 34.1 Å². The summed E-state index contributed by atoms with van der Waals surface area (Å²) in [6.07, 6.45) is 4.46. The van der Waals surface area contributed by atoms with E-state index in [9.17, 15) is 9.59 Å². The molecule has 1 unspecified atom stereocenters. The average molecular weight is 391 g/mol. The number of Topliss-reactive ketones (excluding diaryl/α,β-unsaturated/α-hetero) is 2. The molecule has 0 aromatic rings. The third kappa shape index (κ3) is 3.31. The van der Waals surface area contributed by atoms with E-state index < -0.39 is 0 Å². The van der Waals surface area contributed by atoms with E-state index in [0.29, 0.717) is 12.0 Å². The van der Waals surface area contributed by atoms with Gasteiger partial charge in [-0.15, -0.1) is 12.0 Å². The number of carbonyl (C=O) groups is 2. The van der Waals surface area contributed by atoms with Crippen molar-refractivity contribution in [1.29, 1.82) is 0 Å². The predicted molar refractivity (Wildman–Crippen MR) is 60.2 cm³/mol. The molecule has 0 saturated carbocycles. The van der Waals surface area contributed by atoms with Gasteiger partial charge in [-0.3, -0.25) is 0 Å². The van der Waals surface area contributed by atoms with E-state index >= 15 is 0 Å². The number of rotatable bonds is 4. The first-order chi connectivity index (χ1) is 6.95. The van der Waals surface area contributed by atoms with Crippen LogP contribution in [0.15, 0.2) is 11.6 Å². The fourth-order valence-electron chi connectivity index (χ4n) is 1.83. The molecule has 1 aliphatic rings. The van der Waals surface area contributed by atoms with Gasteiger partial charge in [0.25, 0.3) is 0 Å². The summed E-state index contributed by atoms with van der Waals surface area (Å²) >= 11 is 0. The summed E-state index contributed by atoms with van der Waals surface area (Å²) in [5, 5.41) is 0. The molecule has 0 radical (unpaired) electrons. The summed E-state index contributed by atoms with van der Waals surface area (Å²) in [6, 6.07) is 0. The molecular formula is C13H19O2W-. The van der Waals surface area contributed by atoms with Gasteiger partial charge in [0.05, 0.1) is 5.78 Å². The van der Waals surface area contributed by atoms with Gasteiger partial charge < -0.3 is 9.59 Å². The molecule has 0 heterocycles. The van der Waals surface area contributed by atoms with E-state index in [1.165, 1.54) is 0 Å². The molecule has 3 heteroatoms. The normalized spacial score (nSPS) is 19.1. The second-order valence-corrected chi connectivity index (χ2v) is 4.72. The fraction of sp³-hybridized carbons (Fsp3) is 0.615. The van der Waals surface area contributed by atoms with E-state index in [4.69, 9.17) is 0 Å². The number of carbonyl (C=O) groups excluding carboxylic acids is 2. The Bertz CT molecular complexity index is 303. The van der Waals surface area contributed by atoms with Crippen molar-refractivity contribution in [2.75, 3.05) is 0 Å². The van der Waals surface area contributed by atoms with E-state index in [1.807, 2.05) is 40.2 Å². The molecule has 0 bridgehead atoms. The predicted octanol–water partition coefficient (Wildman–Crippen LogP) is 2.58. The largest absolute Gasteiger partial charge is 0.315 e. The van der Waals surface area contributed by atoms with E-state index in [-0.39, 0.29) is 50.4 Å². The van der Waals surface area contributed by atoms with E-state index in [2.05, 4.69) is 0 Å². The maximum Gasteiger partial charge on any atom is 0.125 e. The molecule has 90 valence electrons. The number of allylic oxidation sites excluding steroid dienone is 2. The molecule has 0 saturated heterocycles. The van der Waals surface area contributed by atoms with Gasteiger partial charge in [-0.2, -0.15) is 0 Å². The van der Waals surface area contributed by atoms with Crippen LogP contribution in [0.1, 0.15) is 34.1 Å². The molecule has 1 atom stereocenters. The first-order valence-corrected chi connectivity index (χ1v) is 5.56. The Morgan fingerprint density at radius 1 is 1.25 bits per heavy atom. The van der Waals surface area contributed by atoms with Crippen LogP contribution in [0.25, 0.3) is 0 Å². The summed E-state index contributed by atoms with van der Waals surface area (Å²) in [7, 11) is 0. The molecule has 0 fully saturated rings. The minimum atomic E-state index is -0.181. The molecule has 1 aliphatic carbocycles. The van der Waals surface area contributed by atoms with Crippen molar-refractivity contribution in [3.8, 4) is 0 Å². The summed E-state index contributed by atoms with van der Waals surface area (Å²) in [5.74, 6) is 0.0988. The van der Waals surface area contributed by atoms with Gasteiger partial charge in [-0.05, 0) is 11.8 Å². The summed E-state index contributed by atoms with van der Waals surface area (Å²) < 4.78 is 0. The molecule has 0 N–H and O–H groups in total.